The van der Waals surface area contributed by atoms with Crippen molar-refractivity contribution in [1.82, 2.24) is 20.2 Å². The van der Waals surface area contributed by atoms with Gasteiger partial charge in [-0.2, -0.15) is 10.1 Å². The first-order chi connectivity index (χ1) is 8.16. The summed E-state index contributed by atoms with van der Waals surface area (Å²) in [6.45, 7) is 0.352. The van der Waals surface area contributed by atoms with Gasteiger partial charge in [0.25, 0.3) is 0 Å². The van der Waals surface area contributed by atoms with E-state index >= 15 is 0 Å². The zero-order valence-corrected chi connectivity index (χ0v) is 9.18. The van der Waals surface area contributed by atoms with E-state index in [9.17, 15) is 10.1 Å². The zero-order chi connectivity index (χ0) is 12.3. The summed E-state index contributed by atoms with van der Waals surface area (Å²) in [6.07, 6.45) is 4.33. The lowest BCUT2D eigenvalue weighted by Crippen LogP contribution is -2.05. The molecule has 2 heterocycles. The third kappa shape index (κ3) is 2.67. The molecular weight excluding hydrogens is 248 g/mol. The van der Waals surface area contributed by atoms with Crippen LogP contribution < -0.4 is 5.32 Å². The fourth-order valence-corrected chi connectivity index (χ4v) is 1.31. The quantitative estimate of drug-likeness (QED) is 0.484. The molecule has 0 aliphatic rings. The number of hydrogen-bond donors (Lipinski definition) is 2. The number of anilines is 1. The number of H-pyrrole nitrogens is 1. The smallest absolute Gasteiger partial charge is 0.329 e. The van der Waals surface area contributed by atoms with Crippen molar-refractivity contribution in [2.75, 3.05) is 5.32 Å². The zero-order valence-electron chi connectivity index (χ0n) is 8.42. The van der Waals surface area contributed by atoms with E-state index in [-0.39, 0.29) is 16.8 Å². The van der Waals surface area contributed by atoms with Crippen LogP contribution in [0.1, 0.15) is 5.56 Å². The van der Waals surface area contributed by atoms with E-state index in [1.807, 2.05) is 0 Å². The van der Waals surface area contributed by atoms with Crippen molar-refractivity contribution >= 4 is 23.1 Å². The van der Waals surface area contributed by atoms with E-state index in [0.717, 1.165) is 11.8 Å². The second-order valence-corrected chi connectivity index (χ2v) is 3.43. The van der Waals surface area contributed by atoms with Crippen LogP contribution in [0.15, 0.2) is 18.6 Å². The van der Waals surface area contributed by atoms with E-state index < -0.39 is 4.92 Å². The van der Waals surface area contributed by atoms with Gasteiger partial charge in [-0.1, -0.05) is 0 Å². The normalized spacial score (nSPS) is 10.2. The summed E-state index contributed by atoms with van der Waals surface area (Å²) in [7, 11) is 0. The molecule has 0 spiro atoms. The first-order valence-electron chi connectivity index (χ1n) is 4.55. The average Bonchev–Trinajstić information content (AvgIpc) is 2.78. The Morgan fingerprint density at radius 1 is 1.53 bits per heavy atom. The Balaban J connectivity index is 2.19. The van der Waals surface area contributed by atoms with E-state index in [1.54, 1.807) is 12.4 Å². The van der Waals surface area contributed by atoms with Crippen LogP contribution in [0.4, 0.5) is 11.5 Å². The maximum absolute atomic E-state index is 10.7. The fraction of sp³-hybridized carbons (Fsp3) is 0.125. The fourth-order valence-electron chi connectivity index (χ4n) is 1.18. The van der Waals surface area contributed by atoms with E-state index in [0.29, 0.717) is 6.54 Å². The van der Waals surface area contributed by atoms with Crippen LogP contribution in [0.3, 0.4) is 0 Å². The Kier molecular flexibility index (Phi) is 3.15. The van der Waals surface area contributed by atoms with Crippen LogP contribution in [-0.2, 0) is 6.54 Å². The van der Waals surface area contributed by atoms with Crippen molar-refractivity contribution in [2.24, 2.45) is 0 Å². The molecule has 0 fully saturated rings. The van der Waals surface area contributed by atoms with Gasteiger partial charge in [0, 0.05) is 18.3 Å². The molecule has 0 aliphatic carbocycles. The van der Waals surface area contributed by atoms with Crippen molar-refractivity contribution < 1.29 is 4.92 Å². The highest BCUT2D eigenvalue weighted by Gasteiger charge is 2.16. The van der Waals surface area contributed by atoms with E-state index in [1.165, 1.54) is 0 Å². The maximum Gasteiger partial charge on any atom is 0.329 e. The third-order valence-electron chi connectivity index (χ3n) is 1.95. The van der Waals surface area contributed by atoms with Crippen LogP contribution in [0.2, 0.25) is 5.28 Å². The molecule has 2 rings (SSSR count). The number of nitrogens with one attached hydrogen (secondary N) is 2. The van der Waals surface area contributed by atoms with Crippen LogP contribution in [0, 0.1) is 10.1 Å². The molecule has 0 unspecified atom stereocenters. The monoisotopic (exact) mass is 254 g/mol. The topological polar surface area (TPSA) is 110 Å². The molecule has 0 amide bonds. The lowest BCUT2D eigenvalue weighted by molar-refractivity contribution is -0.384. The Hall–Kier alpha value is -2.22. The second-order valence-electron chi connectivity index (χ2n) is 3.09. The van der Waals surface area contributed by atoms with Crippen molar-refractivity contribution in [1.29, 1.82) is 0 Å². The second kappa shape index (κ2) is 4.74. The first-order valence-corrected chi connectivity index (χ1v) is 4.93. The summed E-state index contributed by atoms with van der Waals surface area (Å²) >= 11 is 5.58. The minimum atomic E-state index is -0.575. The Morgan fingerprint density at radius 2 is 2.35 bits per heavy atom. The van der Waals surface area contributed by atoms with Crippen LogP contribution in [0.25, 0.3) is 0 Å². The number of rotatable bonds is 4. The predicted molar refractivity (Wildman–Crippen MR) is 59.6 cm³/mol. The standard InChI is InChI=1S/C8H7ClN6O2/c9-8-11-4-6(15(16)17)7(14-8)10-1-5-2-12-13-3-5/h2-4H,1H2,(H,12,13)(H,10,11,14). The molecule has 2 aromatic rings. The summed E-state index contributed by atoms with van der Waals surface area (Å²) in [6, 6.07) is 0. The molecule has 0 radical (unpaired) electrons. The van der Waals surface area contributed by atoms with Gasteiger partial charge >= 0.3 is 5.69 Å². The minimum Gasteiger partial charge on any atom is -0.360 e. The first kappa shape index (κ1) is 11.3. The number of nitrogens with zero attached hydrogens (tertiary/aromatic N) is 4. The lowest BCUT2D eigenvalue weighted by Gasteiger charge is -2.04. The molecule has 8 nitrogen and oxygen atoms in total. The molecule has 0 atom stereocenters. The molecule has 9 heteroatoms. The van der Waals surface area contributed by atoms with E-state index in [4.69, 9.17) is 11.6 Å². The molecule has 0 aliphatic heterocycles. The van der Waals surface area contributed by atoms with Crippen LogP contribution >= 0.6 is 11.6 Å². The van der Waals surface area contributed by atoms with Gasteiger partial charge in [0.15, 0.2) is 0 Å². The van der Waals surface area contributed by atoms with Crippen molar-refractivity contribution in [3.05, 3.63) is 39.6 Å². The third-order valence-corrected chi connectivity index (χ3v) is 2.13. The van der Waals surface area contributed by atoms with Gasteiger partial charge in [-0.25, -0.2) is 4.98 Å². The number of aromatic nitrogens is 4. The molecule has 88 valence electrons. The van der Waals surface area contributed by atoms with Gasteiger partial charge < -0.3 is 5.32 Å². The largest absolute Gasteiger partial charge is 0.360 e. The SMILES string of the molecule is O=[N+]([O-])c1cnc(Cl)nc1NCc1cn[nH]c1. The summed E-state index contributed by atoms with van der Waals surface area (Å²) in [4.78, 5) is 17.5. The number of hydrogen-bond acceptors (Lipinski definition) is 6. The molecule has 2 aromatic heterocycles. The number of nitro groups is 1. The van der Waals surface area contributed by atoms with E-state index in [2.05, 4.69) is 25.5 Å². The molecule has 0 saturated carbocycles. The number of aromatic amines is 1. The molecule has 0 bridgehead atoms. The van der Waals surface area contributed by atoms with Crippen LogP contribution in [0.5, 0.6) is 0 Å². The van der Waals surface area contributed by atoms with Crippen molar-refractivity contribution in [3.63, 3.8) is 0 Å². The number of halogens is 1. The molecule has 0 saturated heterocycles. The van der Waals surface area contributed by atoms with Crippen LogP contribution in [-0.4, -0.2) is 25.1 Å². The van der Waals surface area contributed by atoms with Gasteiger partial charge in [-0.05, 0) is 11.6 Å². The van der Waals surface area contributed by atoms with Gasteiger partial charge in [-0.15, -0.1) is 0 Å². The Labute approximate surface area is 100 Å². The molecular formula is C8H7ClN6O2. The van der Waals surface area contributed by atoms with Gasteiger partial charge in [-0.3, -0.25) is 15.2 Å². The summed E-state index contributed by atoms with van der Waals surface area (Å²) in [5.41, 5.74) is 0.618. The summed E-state index contributed by atoms with van der Waals surface area (Å²) in [5, 5.41) is 19.9. The van der Waals surface area contributed by atoms with Crippen molar-refractivity contribution in [2.45, 2.75) is 6.54 Å². The Morgan fingerprint density at radius 3 is 3.00 bits per heavy atom. The molecule has 0 aromatic carbocycles. The van der Waals surface area contributed by atoms with Gasteiger partial charge in [0.1, 0.15) is 6.20 Å². The molecule has 2 N–H and O–H groups in total. The van der Waals surface area contributed by atoms with Crippen molar-refractivity contribution in [3.8, 4) is 0 Å². The predicted octanol–water partition coefficient (Wildman–Crippen LogP) is 1.37. The highest BCUT2D eigenvalue weighted by molar-refractivity contribution is 6.28. The highest BCUT2D eigenvalue weighted by Crippen LogP contribution is 2.22. The Bertz CT molecular complexity index is 529. The molecule has 17 heavy (non-hydrogen) atoms. The summed E-state index contributed by atoms with van der Waals surface area (Å²) < 4.78 is 0. The average molecular weight is 255 g/mol. The minimum absolute atomic E-state index is 0.0507. The summed E-state index contributed by atoms with van der Waals surface area (Å²) in [5.74, 6) is 0.0798. The van der Waals surface area contributed by atoms with Gasteiger partial charge in [0.05, 0.1) is 11.1 Å². The highest BCUT2D eigenvalue weighted by atomic mass is 35.5. The maximum atomic E-state index is 10.7. The van der Waals surface area contributed by atoms with Gasteiger partial charge in [0.2, 0.25) is 11.1 Å². The lowest BCUT2D eigenvalue weighted by atomic mass is 10.3.